The molecular formula is C19H23N5O3. The first kappa shape index (κ1) is 17.5. The van der Waals surface area contributed by atoms with Crippen molar-refractivity contribution in [1.82, 2.24) is 24.0 Å². The van der Waals surface area contributed by atoms with Gasteiger partial charge in [-0.05, 0) is 38.1 Å². The quantitative estimate of drug-likeness (QED) is 0.728. The summed E-state index contributed by atoms with van der Waals surface area (Å²) in [5, 5.41) is 0. The first-order chi connectivity index (χ1) is 13.0. The molecule has 0 bridgehead atoms. The van der Waals surface area contributed by atoms with Gasteiger partial charge in [0.05, 0.1) is 0 Å². The van der Waals surface area contributed by atoms with Gasteiger partial charge in [0, 0.05) is 26.2 Å². The fourth-order valence-electron chi connectivity index (χ4n) is 3.49. The number of nitrogens with zero attached hydrogens (tertiary/aromatic N) is 4. The van der Waals surface area contributed by atoms with Gasteiger partial charge in [0.15, 0.2) is 5.65 Å². The van der Waals surface area contributed by atoms with E-state index in [0.717, 1.165) is 35.5 Å². The van der Waals surface area contributed by atoms with Gasteiger partial charge >= 0.3 is 5.69 Å². The number of imidazole rings is 1. The Morgan fingerprint density at radius 2 is 1.93 bits per heavy atom. The minimum absolute atomic E-state index is 0.315. The predicted molar refractivity (Wildman–Crippen MR) is 103 cm³/mol. The Morgan fingerprint density at radius 1 is 1.15 bits per heavy atom. The molecule has 3 aromatic rings. The number of nitrogens with one attached hydrogen (secondary N) is 1. The number of aryl methyl sites for hydroxylation is 1. The Hall–Kier alpha value is -2.87. The zero-order chi connectivity index (χ0) is 19.0. The van der Waals surface area contributed by atoms with E-state index in [-0.39, 0.29) is 5.56 Å². The minimum atomic E-state index is -0.399. The highest BCUT2D eigenvalue weighted by Crippen LogP contribution is 2.23. The van der Waals surface area contributed by atoms with E-state index in [1.807, 2.05) is 24.3 Å². The number of aromatic amines is 1. The molecule has 8 nitrogen and oxygen atoms in total. The number of fused-ring (bicyclic) bond motifs is 1. The molecule has 0 amide bonds. The molecule has 0 saturated carbocycles. The summed E-state index contributed by atoms with van der Waals surface area (Å²) < 4.78 is 8.33. The van der Waals surface area contributed by atoms with Gasteiger partial charge in [0.2, 0.25) is 0 Å². The molecule has 8 heteroatoms. The molecule has 0 radical (unpaired) electrons. The van der Waals surface area contributed by atoms with Crippen LogP contribution in [-0.4, -0.2) is 50.2 Å². The van der Waals surface area contributed by atoms with E-state index < -0.39 is 5.69 Å². The molecule has 142 valence electrons. The predicted octanol–water partition coefficient (Wildman–Crippen LogP) is 1.10. The zero-order valence-electron chi connectivity index (χ0n) is 15.6. The monoisotopic (exact) mass is 369 g/mol. The molecule has 3 heterocycles. The van der Waals surface area contributed by atoms with Crippen LogP contribution in [0.2, 0.25) is 0 Å². The van der Waals surface area contributed by atoms with Gasteiger partial charge in [0.25, 0.3) is 5.56 Å². The highest BCUT2D eigenvalue weighted by molar-refractivity contribution is 5.75. The molecular weight excluding hydrogens is 346 g/mol. The number of hydrogen-bond acceptors (Lipinski definition) is 5. The molecule has 0 atom stereocenters. The SMILES string of the molecule is Cn1c(=O)c2[nH]c(-c3cccc(OCCN4CCCC4)c3)nc2n(C)c1=O. The topological polar surface area (TPSA) is 85.2 Å². The Bertz CT molecular complexity index is 1090. The molecule has 2 aromatic heterocycles. The van der Waals surface area contributed by atoms with Crippen molar-refractivity contribution in [2.24, 2.45) is 14.1 Å². The lowest BCUT2D eigenvalue weighted by molar-refractivity contribution is 0.238. The molecule has 1 saturated heterocycles. The van der Waals surface area contributed by atoms with Crippen molar-refractivity contribution in [3.8, 4) is 17.1 Å². The first-order valence-corrected chi connectivity index (χ1v) is 9.16. The third-order valence-corrected chi connectivity index (χ3v) is 5.08. The standard InChI is InChI=1S/C19H23N5O3/c1-22-17-15(18(25)23(2)19(22)26)20-16(21-17)13-6-5-7-14(12-13)27-11-10-24-8-3-4-9-24/h5-7,12H,3-4,8-11H2,1-2H3,(H,20,21). The normalized spacial score (nSPS) is 14.9. The maximum atomic E-state index is 12.3. The van der Waals surface area contributed by atoms with Crippen LogP contribution in [0.4, 0.5) is 0 Å². The average Bonchev–Trinajstić information content (AvgIpc) is 3.35. The second-order valence-corrected chi connectivity index (χ2v) is 6.91. The van der Waals surface area contributed by atoms with Crippen molar-refractivity contribution in [2.75, 3.05) is 26.2 Å². The summed E-state index contributed by atoms with van der Waals surface area (Å²) in [4.78, 5) is 34.3. The van der Waals surface area contributed by atoms with Crippen molar-refractivity contribution in [2.45, 2.75) is 12.8 Å². The number of rotatable bonds is 5. The fraction of sp³-hybridized carbons (Fsp3) is 0.421. The molecule has 1 N–H and O–H groups in total. The number of benzene rings is 1. The van der Waals surface area contributed by atoms with Crippen LogP contribution in [0.25, 0.3) is 22.6 Å². The van der Waals surface area contributed by atoms with Gasteiger partial charge in [-0.2, -0.15) is 0 Å². The Labute approximate surface area is 156 Å². The van der Waals surface area contributed by atoms with E-state index in [1.54, 1.807) is 7.05 Å². The van der Waals surface area contributed by atoms with Crippen LogP contribution < -0.4 is 16.0 Å². The van der Waals surface area contributed by atoms with E-state index in [2.05, 4.69) is 14.9 Å². The summed E-state index contributed by atoms with van der Waals surface area (Å²) in [5.74, 6) is 1.29. The van der Waals surface area contributed by atoms with E-state index in [9.17, 15) is 9.59 Å². The molecule has 27 heavy (non-hydrogen) atoms. The zero-order valence-corrected chi connectivity index (χ0v) is 15.6. The molecule has 0 spiro atoms. The Morgan fingerprint density at radius 3 is 2.70 bits per heavy atom. The Kier molecular flexibility index (Phi) is 4.57. The molecule has 4 rings (SSSR count). The largest absolute Gasteiger partial charge is 0.492 e. The third kappa shape index (κ3) is 3.28. The molecule has 1 aliphatic rings. The summed E-state index contributed by atoms with van der Waals surface area (Å²) in [7, 11) is 3.06. The number of hydrogen-bond donors (Lipinski definition) is 1. The molecule has 0 aliphatic carbocycles. The number of H-pyrrole nitrogens is 1. The van der Waals surface area contributed by atoms with Gasteiger partial charge in [-0.15, -0.1) is 0 Å². The first-order valence-electron chi connectivity index (χ1n) is 9.16. The van der Waals surface area contributed by atoms with Crippen molar-refractivity contribution >= 4 is 11.2 Å². The lowest BCUT2D eigenvalue weighted by atomic mass is 10.2. The number of aromatic nitrogens is 4. The lowest BCUT2D eigenvalue weighted by Crippen LogP contribution is -2.36. The lowest BCUT2D eigenvalue weighted by Gasteiger charge is -2.15. The smallest absolute Gasteiger partial charge is 0.332 e. The van der Waals surface area contributed by atoms with Crippen LogP contribution in [-0.2, 0) is 14.1 Å². The van der Waals surface area contributed by atoms with Crippen LogP contribution in [0.15, 0.2) is 33.9 Å². The maximum absolute atomic E-state index is 12.3. The highest BCUT2D eigenvalue weighted by Gasteiger charge is 2.15. The van der Waals surface area contributed by atoms with Gasteiger partial charge in [0.1, 0.15) is 23.7 Å². The van der Waals surface area contributed by atoms with Gasteiger partial charge in [-0.3, -0.25) is 18.8 Å². The van der Waals surface area contributed by atoms with Gasteiger partial charge in [-0.25, -0.2) is 9.78 Å². The Balaban J connectivity index is 1.60. The highest BCUT2D eigenvalue weighted by atomic mass is 16.5. The van der Waals surface area contributed by atoms with E-state index in [0.29, 0.717) is 23.6 Å². The molecule has 1 aromatic carbocycles. The summed E-state index contributed by atoms with van der Waals surface area (Å²) in [5.41, 5.74) is 0.683. The van der Waals surface area contributed by atoms with Crippen LogP contribution in [0, 0.1) is 0 Å². The summed E-state index contributed by atoms with van der Waals surface area (Å²) in [6, 6.07) is 7.59. The number of likely N-dealkylation sites (tertiary alicyclic amines) is 1. The van der Waals surface area contributed by atoms with Crippen LogP contribution in [0.5, 0.6) is 5.75 Å². The summed E-state index contributed by atoms with van der Waals surface area (Å²) in [6.45, 7) is 3.86. The van der Waals surface area contributed by atoms with E-state index in [1.165, 1.54) is 24.5 Å². The van der Waals surface area contributed by atoms with Crippen LogP contribution in [0.1, 0.15) is 12.8 Å². The summed E-state index contributed by atoms with van der Waals surface area (Å²) in [6.07, 6.45) is 2.53. The summed E-state index contributed by atoms with van der Waals surface area (Å²) >= 11 is 0. The fourth-order valence-corrected chi connectivity index (χ4v) is 3.49. The minimum Gasteiger partial charge on any atom is -0.492 e. The van der Waals surface area contributed by atoms with Crippen molar-refractivity contribution < 1.29 is 4.74 Å². The van der Waals surface area contributed by atoms with Crippen LogP contribution in [0.3, 0.4) is 0 Å². The maximum Gasteiger partial charge on any atom is 0.332 e. The van der Waals surface area contributed by atoms with E-state index >= 15 is 0 Å². The van der Waals surface area contributed by atoms with Crippen molar-refractivity contribution in [3.05, 3.63) is 45.1 Å². The molecule has 1 fully saturated rings. The van der Waals surface area contributed by atoms with Gasteiger partial charge in [-0.1, -0.05) is 12.1 Å². The third-order valence-electron chi connectivity index (χ3n) is 5.08. The molecule has 1 aliphatic heterocycles. The van der Waals surface area contributed by atoms with Crippen LogP contribution >= 0.6 is 0 Å². The number of ether oxygens (including phenoxy) is 1. The second-order valence-electron chi connectivity index (χ2n) is 6.91. The molecule has 0 unspecified atom stereocenters. The average molecular weight is 369 g/mol. The second kappa shape index (κ2) is 7.03. The van der Waals surface area contributed by atoms with Gasteiger partial charge < -0.3 is 9.72 Å². The van der Waals surface area contributed by atoms with Crippen molar-refractivity contribution in [3.63, 3.8) is 0 Å². The van der Waals surface area contributed by atoms with Crippen molar-refractivity contribution in [1.29, 1.82) is 0 Å². The van der Waals surface area contributed by atoms with E-state index in [4.69, 9.17) is 4.74 Å².